The predicted octanol–water partition coefficient (Wildman–Crippen LogP) is 3.53. The zero-order valence-corrected chi connectivity index (χ0v) is 18.4. The number of benzene rings is 2. The third kappa shape index (κ3) is 4.27. The number of nitrogens with zero attached hydrogens (tertiary/aromatic N) is 2. The second kappa shape index (κ2) is 9.32. The van der Waals surface area contributed by atoms with Gasteiger partial charge in [-0.25, -0.2) is 0 Å². The van der Waals surface area contributed by atoms with E-state index in [0.29, 0.717) is 19.4 Å². The molecule has 2 atom stereocenters. The van der Waals surface area contributed by atoms with E-state index < -0.39 is 11.6 Å². The molecule has 0 radical (unpaired) electrons. The van der Waals surface area contributed by atoms with Crippen molar-refractivity contribution in [1.82, 2.24) is 10.3 Å². The summed E-state index contributed by atoms with van der Waals surface area (Å²) >= 11 is 0. The summed E-state index contributed by atoms with van der Waals surface area (Å²) in [6.07, 6.45) is 5.55. The van der Waals surface area contributed by atoms with Crippen molar-refractivity contribution in [3.63, 3.8) is 0 Å². The number of pyridine rings is 1. The van der Waals surface area contributed by atoms with E-state index >= 15 is 0 Å². The second-order valence-electron chi connectivity index (χ2n) is 8.24. The van der Waals surface area contributed by atoms with E-state index in [-0.39, 0.29) is 5.91 Å². The molecule has 3 N–H and O–H groups in total. The molecular weight excluding hydrogens is 400 g/mol. The minimum absolute atomic E-state index is 0.102. The number of aromatic nitrogens is 1. The van der Waals surface area contributed by atoms with Crippen LogP contribution in [0.2, 0.25) is 0 Å². The van der Waals surface area contributed by atoms with Crippen LogP contribution in [0.25, 0.3) is 0 Å². The molecule has 32 heavy (non-hydrogen) atoms. The average molecular weight is 429 g/mol. The van der Waals surface area contributed by atoms with Crippen LogP contribution in [0, 0.1) is 13.8 Å². The highest BCUT2D eigenvalue weighted by molar-refractivity contribution is 5.84. The van der Waals surface area contributed by atoms with E-state index in [9.17, 15) is 4.79 Å². The van der Waals surface area contributed by atoms with Crippen molar-refractivity contribution >= 4 is 12.1 Å². The number of nitrogens with two attached hydrogens (primary N) is 1. The largest absolute Gasteiger partial charge is 0.369 e. The first-order valence-corrected chi connectivity index (χ1v) is 10.8. The predicted molar refractivity (Wildman–Crippen MR) is 125 cm³/mol. The molecule has 2 heterocycles. The summed E-state index contributed by atoms with van der Waals surface area (Å²) in [6, 6.07) is 18.2. The number of amides is 1. The average Bonchev–Trinajstić information content (AvgIpc) is 3.22. The van der Waals surface area contributed by atoms with Crippen LogP contribution in [0.3, 0.4) is 0 Å². The summed E-state index contributed by atoms with van der Waals surface area (Å²) < 4.78 is 0. The van der Waals surface area contributed by atoms with Crippen LogP contribution in [-0.4, -0.2) is 23.3 Å². The minimum atomic E-state index is -0.745. The zero-order chi connectivity index (χ0) is 22.6. The maximum atomic E-state index is 13.0. The fraction of sp³-hybridized carbons (Fsp3) is 0.269. The molecule has 1 amide bonds. The maximum absolute atomic E-state index is 13.0. The molecule has 1 aliphatic heterocycles. The number of oxime groups is 1. The Morgan fingerprint density at radius 2 is 1.72 bits per heavy atom. The zero-order valence-electron chi connectivity index (χ0n) is 18.4. The van der Waals surface area contributed by atoms with E-state index in [4.69, 9.17) is 10.6 Å². The number of aryl methyl sites for hydroxylation is 3. The lowest BCUT2D eigenvalue weighted by Gasteiger charge is -2.33. The molecule has 4 rings (SSSR count). The van der Waals surface area contributed by atoms with Crippen LogP contribution in [0.1, 0.15) is 39.8 Å². The molecular formula is C26H28N4O2. The van der Waals surface area contributed by atoms with Crippen molar-refractivity contribution < 1.29 is 9.63 Å². The van der Waals surface area contributed by atoms with Gasteiger partial charge in [-0.1, -0.05) is 58.7 Å². The van der Waals surface area contributed by atoms with Crippen LogP contribution in [0.4, 0.5) is 0 Å². The Balaban J connectivity index is 1.61. The molecule has 164 valence electrons. The fourth-order valence-electron chi connectivity index (χ4n) is 4.39. The standard InChI is InChI=1S/C26H28N4O2/c1-18-13-19(2)15-23(14-18)26(22-9-11-28-12-10-22)17-29-32-25(26)30-24(31)8-7-20-5-3-4-6-21(20)16-27/h3-6,9-15,17,25H,7-8,16,27H2,1-2H3,(H,30,31). The summed E-state index contributed by atoms with van der Waals surface area (Å²) in [5.41, 5.74) is 11.5. The van der Waals surface area contributed by atoms with Gasteiger partial charge in [-0.05, 0) is 54.7 Å². The minimum Gasteiger partial charge on any atom is -0.369 e. The molecule has 6 nitrogen and oxygen atoms in total. The summed E-state index contributed by atoms with van der Waals surface area (Å²) in [5, 5.41) is 7.23. The summed E-state index contributed by atoms with van der Waals surface area (Å²) in [7, 11) is 0. The van der Waals surface area contributed by atoms with Crippen molar-refractivity contribution in [3.8, 4) is 0 Å². The van der Waals surface area contributed by atoms with E-state index in [1.54, 1.807) is 18.6 Å². The molecule has 2 unspecified atom stereocenters. The molecule has 0 saturated heterocycles. The molecule has 0 fully saturated rings. The van der Waals surface area contributed by atoms with Crippen LogP contribution < -0.4 is 11.1 Å². The lowest BCUT2D eigenvalue weighted by atomic mass is 9.73. The molecule has 0 spiro atoms. The lowest BCUT2D eigenvalue weighted by molar-refractivity contribution is -0.125. The van der Waals surface area contributed by atoms with E-state index in [1.165, 1.54) is 0 Å². The molecule has 1 aromatic heterocycles. The first kappa shape index (κ1) is 21.7. The number of hydrogen-bond acceptors (Lipinski definition) is 5. The van der Waals surface area contributed by atoms with Crippen LogP contribution >= 0.6 is 0 Å². The van der Waals surface area contributed by atoms with Gasteiger partial charge in [0.2, 0.25) is 12.1 Å². The Morgan fingerprint density at radius 3 is 2.41 bits per heavy atom. The van der Waals surface area contributed by atoms with E-state index in [2.05, 4.69) is 47.5 Å². The van der Waals surface area contributed by atoms with Gasteiger partial charge in [-0.2, -0.15) is 0 Å². The molecule has 0 bridgehead atoms. The third-order valence-electron chi connectivity index (χ3n) is 5.95. The van der Waals surface area contributed by atoms with Gasteiger partial charge in [0.15, 0.2) is 0 Å². The SMILES string of the molecule is Cc1cc(C)cc(C2(c3ccncc3)C=NOC2NC(=O)CCc2ccccc2CN)c1. The molecule has 3 aromatic rings. The van der Waals surface area contributed by atoms with Crippen molar-refractivity contribution in [3.05, 3.63) is 100 Å². The van der Waals surface area contributed by atoms with Crippen molar-refractivity contribution in [2.24, 2.45) is 10.9 Å². The van der Waals surface area contributed by atoms with Crippen molar-refractivity contribution in [1.29, 1.82) is 0 Å². The molecule has 6 heteroatoms. The van der Waals surface area contributed by atoms with Gasteiger partial charge in [0.1, 0.15) is 5.41 Å². The first-order valence-electron chi connectivity index (χ1n) is 10.8. The Hall–Kier alpha value is -3.51. The number of rotatable bonds is 7. The van der Waals surface area contributed by atoms with Gasteiger partial charge in [-0.15, -0.1) is 0 Å². The van der Waals surface area contributed by atoms with Crippen molar-refractivity contribution in [2.45, 2.75) is 44.9 Å². The molecule has 0 aliphatic carbocycles. The Kier molecular flexibility index (Phi) is 6.32. The molecule has 1 aliphatic rings. The van der Waals surface area contributed by atoms with Gasteiger partial charge < -0.3 is 15.9 Å². The Morgan fingerprint density at radius 1 is 1.03 bits per heavy atom. The van der Waals surface area contributed by atoms with Crippen LogP contribution in [0.5, 0.6) is 0 Å². The highest BCUT2D eigenvalue weighted by Gasteiger charge is 2.47. The Labute approximate surface area is 188 Å². The third-order valence-corrected chi connectivity index (χ3v) is 5.95. The monoisotopic (exact) mass is 428 g/mol. The molecule has 0 saturated carbocycles. The Bertz CT molecular complexity index is 1110. The van der Waals surface area contributed by atoms with Crippen LogP contribution in [-0.2, 0) is 28.0 Å². The number of carbonyl (C=O) groups excluding carboxylic acids is 1. The summed E-state index contributed by atoms with van der Waals surface area (Å²) in [5.74, 6) is -0.102. The van der Waals surface area contributed by atoms with E-state index in [0.717, 1.165) is 33.4 Å². The van der Waals surface area contributed by atoms with Gasteiger partial charge in [0.25, 0.3) is 0 Å². The number of carbonyl (C=O) groups is 1. The quantitative estimate of drug-likeness (QED) is 0.602. The van der Waals surface area contributed by atoms with Crippen LogP contribution in [0.15, 0.2) is 72.1 Å². The lowest BCUT2D eigenvalue weighted by Crippen LogP contribution is -2.50. The van der Waals surface area contributed by atoms with Gasteiger partial charge >= 0.3 is 0 Å². The fourth-order valence-corrected chi connectivity index (χ4v) is 4.39. The smallest absolute Gasteiger partial charge is 0.223 e. The number of nitrogens with one attached hydrogen (secondary N) is 1. The normalized spacial score (nSPS) is 19.5. The highest BCUT2D eigenvalue weighted by atomic mass is 16.7. The van der Waals surface area contributed by atoms with Gasteiger partial charge in [0.05, 0.1) is 6.21 Å². The summed E-state index contributed by atoms with van der Waals surface area (Å²) in [6.45, 7) is 4.58. The number of hydrogen-bond donors (Lipinski definition) is 2. The van der Waals surface area contributed by atoms with Gasteiger partial charge in [0, 0.05) is 25.4 Å². The molecule has 2 aromatic carbocycles. The first-order chi connectivity index (χ1) is 15.5. The van der Waals surface area contributed by atoms with E-state index in [1.807, 2.05) is 36.4 Å². The summed E-state index contributed by atoms with van der Waals surface area (Å²) in [4.78, 5) is 22.8. The van der Waals surface area contributed by atoms with Gasteiger partial charge in [-0.3, -0.25) is 9.78 Å². The maximum Gasteiger partial charge on any atom is 0.223 e. The highest BCUT2D eigenvalue weighted by Crippen LogP contribution is 2.38. The topological polar surface area (TPSA) is 89.6 Å². The van der Waals surface area contributed by atoms with Crippen molar-refractivity contribution in [2.75, 3.05) is 0 Å². The second-order valence-corrected chi connectivity index (χ2v) is 8.24.